The molecule has 1 aromatic rings. The Morgan fingerprint density at radius 1 is 1.33 bits per heavy atom. The lowest BCUT2D eigenvalue weighted by Crippen LogP contribution is -2.43. The minimum atomic E-state index is -1.04. The zero-order valence-electron chi connectivity index (χ0n) is 9.96. The second-order valence-corrected chi connectivity index (χ2v) is 4.35. The highest BCUT2D eigenvalue weighted by Crippen LogP contribution is 2.28. The van der Waals surface area contributed by atoms with E-state index in [1.807, 2.05) is 0 Å². The summed E-state index contributed by atoms with van der Waals surface area (Å²) in [6.45, 7) is 3.30. The molecule has 1 saturated heterocycles. The van der Waals surface area contributed by atoms with Gasteiger partial charge in [0, 0.05) is 6.07 Å². The van der Waals surface area contributed by atoms with E-state index in [2.05, 4.69) is 5.32 Å². The van der Waals surface area contributed by atoms with Gasteiger partial charge in [0.1, 0.15) is 17.2 Å². The van der Waals surface area contributed by atoms with Crippen LogP contribution < -0.4 is 10.2 Å². The van der Waals surface area contributed by atoms with Crippen molar-refractivity contribution in [1.82, 2.24) is 5.32 Å². The van der Waals surface area contributed by atoms with Crippen LogP contribution in [0.5, 0.6) is 0 Å². The van der Waals surface area contributed by atoms with Crippen LogP contribution in [0.4, 0.5) is 19.3 Å². The molecule has 0 saturated carbocycles. The van der Waals surface area contributed by atoms with Gasteiger partial charge in [-0.25, -0.2) is 18.5 Å². The van der Waals surface area contributed by atoms with E-state index in [0.717, 1.165) is 12.1 Å². The predicted octanol–water partition coefficient (Wildman–Crippen LogP) is 2.19. The van der Waals surface area contributed by atoms with E-state index in [9.17, 15) is 18.4 Å². The Labute approximate surface area is 103 Å². The Balaban J connectivity index is 2.46. The van der Waals surface area contributed by atoms with E-state index in [-0.39, 0.29) is 5.69 Å². The lowest BCUT2D eigenvalue weighted by atomic mass is 9.99. The Hall–Kier alpha value is -1.98. The fourth-order valence-electron chi connectivity index (χ4n) is 1.81. The summed E-state index contributed by atoms with van der Waals surface area (Å²) in [4.78, 5) is 24.5. The van der Waals surface area contributed by atoms with Crippen LogP contribution >= 0.6 is 0 Å². The van der Waals surface area contributed by atoms with Crippen molar-refractivity contribution in [1.29, 1.82) is 0 Å². The molecule has 18 heavy (non-hydrogen) atoms. The predicted molar refractivity (Wildman–Crippen MR) is 61.1 cm³/mol. The molecule has 1 unspecified atom stereocenters. The molecule has 1 atom stereocenters. The molecular weight excluding hydrogens is 242 g/mol. The second-order valence-electron chi connectivity index (χ2n) is 4.35. The lowest BCUT2D eigenvalue weighted by Gasteiger charge is -2.19. The van der Waals surface area contributed by atoms with Gasteiger partial charge in [0.2, 0.25) is 0 Å². The monoisotopic (exact) mass is 254 g/mol. The van der Waals surface area contributed by atoms with E-state index in [1.54, 1.807) is 13.8 Å². The molecule has 0 radical (unpaired) electrons. The Morgan fingerprint density at radius 3 is 2.50 bits per heavy atom. The first-order valence-electron chi connectivity index (χ1n) is 5.51. The first-order valence-corrected chi connectivity index (χ1v) is 5.51. The van der Waals surface area contributed by atoms with Crippen LogP contribution in [-0.4, -0.2) is 17.5 Å². The lowest BCUT2D eigenvalue weighted by molar-refractivity contribution is -0.121. The van der Waals surface area contributed by atoms with Crippen LogP contribution in [-0.2, 0) is 4.79 Å². The van der Waals surface area contributed by atoms with Crippen molar-refractivity contribution < 1.29 is 18.4 Å². The molecule has 6 heteroatoms. The minimum Gasteiger partial charge on any atom is -0.323 e. The van der Waals surface area contributed by atoms with Gasteiger partial charge >= 0.3 is 6.03 Å². The Morgan fingerprint density at radius 2 is 2.00 bits per heavy atom. The van der Waals surface area contributed by atoms with Gasteiger partial charge in [-0.15, -0.1) is 0 Å². The number of imide groups is 1. The van der Waals surface area contributed by atoms with E-state index < -0.39 is 29.1 Å². The molecule has 1 heterocycles. The zero-order valence-corrected chi connectivity index (χ0v) is 9.96. The van der Waals surface area contributed by atoms with Gasteiger partial charge in [0.25, 0.3) is 5.91 Å². The topological polar surface area (TPSA) is 49.4 Å². The number of amides is 3. The molecule has 0 spiro atoms. The molecule has 1 fully saturated rings. The molecule has 96 valence electrons. The molecular formula is C12H12F2N2O2. The average molecular weight is 254 g/mol. The molecule has 1 aromatic carbocycles. The van der Waals surface area contributed by atoms with Gasteiger partial charge in [0.15, 0.2) is 0 Å². The summed E-state index contributed by atoms with van der Waals surface area (Å²) in [5.41, 5.74) is -1.28. The van der Waals surface area contributed by atoms with Crippen molar-refractivity contribution in [3.05, 3.63) is 29.8 Å². The van der Waals surface area contributed by atoms with Gasteiger partial charge in [-0.2, -0.15) is 0 Å². The van der Waals surface area contributed by atoms with Crippen LogP contribution in [0.15, 0.2) is 18.2 Å². The highest BCUT2D eigenvalue weighted by Gasteiger charge is 2.47. The number of rotatable bonds is 2. The number of benzene rings is 1. The SMILES string of the molecule is CCC1(C)NC(=O)N(c2ccc(F)cc2F)C1=O. The van der Waals surface area contributed by atoms with Crippen molar-refractivity contribution in [2.24, 2.45) is 0 Å². The maximum absolute atomic E-state index is 13.6. The number of nitrogens with zero attached hydrogens (tertiary/aromatic N) is 1. The van der Waals surface area contributed by atoms with E-state index in [1.165, 1.54) is 0 Å². The molecule has 0 bridgehead atoms. The summed E-state index contributed by atoms with van der Waals surface area (Å²) in [7, 11) is 0. The third-order valence-electron chi connectivity index (χ3n) is 3.12. The highest BCUT2D eigenvalue weighted by atomic mass is 19.1. The summed E-state index contributed by atoms with van der Waals surface area (Å²) >= 11 is 0. The number of urea groups is 1. The summed E-state index contributed by atoms with van der Waals surface area (Å²) in [5, 5.41) is 2.50. The number of anilines is 1. The molecule has 1 aliphatic rings. The van der Waals surface area contributed by atoms with Crippen LogP contribution in [0, 0.1) is 11.6 Å². The minimum absolute atomic E-state index is 0.240. The normalized spacial score (nSPS) is 23.4. The van der Waals surface area contributed by atoms with Crippen molar-refractivity contribution >= 4 is 17.6 Å². The maximum Gasteiger partial charge on any atom is 0.329 e. The number of halogens is 2. The Kier molecular flexibility index (Phi) is 2.80. The molecule has 0 aromatic heterocycles. The number of nitrogens with one attached hydrogen (secondary N) is 1. The van der Waals surface area contributed by atoms with E-state index in [4.69, 9.17) is 0 Å². The molecule has 3 amide bonds. The summed E-state index contributed by atoms with van der Waals surface area (Å²) in [5.74, 6) is -2.25. The summed E-state index contributed by atoms with van der Waals surface area (Å²) in [6.07, 6.45) is 0.386. The zero-order chi connectivity index (χ0) is 13.5. The van der Waals surface area contributed by atoms with Gasteiger partial charge in [-0.05, 0) is 25.5 Å². The third-order valence-corrected chi connectivity index (χ3v) is 3.12. The number of hydrogen-bond acceptors (Lipinski definition) is 2. The second kappa shape index (κ2) is 4.04. The van der Waals surface area contributed by atoms with Crippen LogP contribution in [0.25, 0.3) is 0 Å². The maximum atomic E-state index is 13.6. The van der Waals surface area contributed by atoms with Crippen molar-refractivity contribution in [3.8, 4) is 0 Å². The van der Waals surface area contributed by atoms with Crippen molar-refractivity contribution in [2.45, 2.75) is 25.8 Å². The first kappa shape index (κ1) is 12.5. The van der Waals surface area contributed by atoms with Crippen LogP contribution in [0.3, 0.4) is 0 Å². The molecule has 2 rings (SSSR count). The molecule has 1 aliphatic heterocycles. The Bertz CT molecular complexity index is 533. The van der Waals surface area contributed by atoms with Crippen molar-refractivity contribution in [3.63, 3.8) is 0 Å². The molecule has 0 aliphatic carbocycles. The smallest absolute Gasteiger partial charge is 0.323 e. The number of carbonyl (C=O) groups is 2. The standard InChI is InChI=1S/C12H12F2N2O2/c1-3-12(2)10(17)16(11(18)15-12)9-5-4-7(13)6-8(9)14/h4-6H,3H2,1-2H3,(H,15,18). The fraction of sp³-hybridized carbons (Fsp3) is 0.333. The summed E-state index contributed by atoms with van der Waals surface area (Å²) < 4.78 is 26.4. The van der Waals surface area contributed by atoms with Crippen LogP contribution in [0.1, 0.15) is 20.3 Å². The van der Waals surface area contributed by atoms with E-state index in [0.29, 0.717) is 17.4 Å². The fourth-order valence-corrected chi connectivity index (χ4v) is 1.81. The molecule has 4 nitrogen and oxygen atoms in total. The van der Waals surface area contributed by atoms with E-state index >= 15 is 0 Å². The number of hydrogen-bond donors (Lipinski definition) is 1. The summed E-state index contributed by atoms with van der Waals surface area (Å²) in [6, 6.07) is 2.01. The highest BCUT2D eigenvalue weighted by molar-refractivity contribution is 6.23. The number of carbonyl (C=O) groups excluding carboxylic acids is 2. The van der Waals surface area contributed by atoms with Crippen molar-refractivity contribution in [2.75, 3.05) is 4.90 Å². The third kappa shape index (κ3) is 1.73. The van der Waals surface area contributed by atoms with Gasteiger partial charge in [-0.1, -0.05) is 6.92 Å². The largest absolute Gasteiger partial charge is 0.329 e. The van der Waals surface area contributed by atoms with Gasteiger partial charge in [-0.3, -0.25) is 4.79 Å². The van der Waals surface area contributed by atoms with Crippen LogP contribution in [0.2, 0.25) is 0 Å². The molecule has 1 N–H and O–H groups in total. The first-order chi connectivity index (χ1) is 8.39. The van der Waals surface area contributed by atoms with Gasteiger partial charge in [0.05, 0.1) is 5.69 Å². The average Bonchev–Trinajstić information content (AvgIpc) is 2.52. The van der Waals surface area contributed by atoms with Gasteiger partial charge < -0.3 is 5.32 Å². The quantitative estimate of drug-likeness (QED) is 0.822.